The predicted molar refractivity (Wildman–Crippen MR) is 291 cm³/mol. The van der Waals surface area contributed by atoms with E-state index in [1.54, 1.807) is 0 Å². The van der Waals surface area contributed by atoms with Gasteiger partial charge in [0.05, 0.1) is 27.7 Å². The number of rotatable bonds is 54. The normalized spacial score (nSPS) is 13.5. The number of ether oxygens (including phenoxy) is 2. The number of likely N-dealkylation sites (N-methyl/N-ethyl adjacent to an activating group) is 1. The van der Waals surface area contributed by atoms with Gasteiger partial charge in [-0.05, 0) is 51.4 Å². The van der Waals surface area contributed by atoms with Crippen molar-refractivity contribution in [2.45, 2.75) is 283 Å². The van der Waals surface area contributed by atoms with Gasteiger partial charge in [0.2, 0.25) is 0 Å². The van der Waals surface area contributed by atoms with E-state index in [0.29, 0.717) is 17.4 Å². The summed E-state index contributed by atoms with van der Waals surface area (Å²) >= 11 is 0. The molecule has 0 rings (SSSR count). The van der Waals surface area contributed by atoms with E-state index in [0.717, 1.165) is 57.8 Å². The fourth-order valence-corrected chi connectivity index (χ4v) is 9.10. The van der Waals surface area contributed by atoms with E-state index in [1.165, 1.54) is 186 Å². The number of unbranched alkanes of at least 4 members (excludes halogenated alkanes) is 34. The third-order valence-electron chi connectivity index (χ3n) is 12.9. The molecule has 0 spiro atoms. The fourth-order valence-electron chi connectivity index (χ4n) is 8.37. The van der Waals surface area contributed by atoms with Gasteiger partial charge in [-0.2, -0.15) is 0 Å². The SMILES string of the molecule is CCCCCCC/C=C\C/C=C\C/C=C\CCCCCCCCCCCCC(=O)OC(COC(=O)CCCCCCCCCCCCCCCCCCCCCC)COP(=O)([O-])OCC[N+](C)(C)C. The molecule has 0 aromatic rings. The molecule has 0 aliphatic carbocycles. The monoisotopic (exact) mass is 994 g/mol. The van der Waals surface area contributed by atoms with E-state index < -0.39 is 26.5 Å². The van der Waals surface area contributed by atoms with Crippen molar-refractivity contribution < 1.29 is 42.1 Å². The number of carbonyl (C=O) groups excluding carboxylic acids is 2. The first-order valence-electron chi connectivity index (χ1n) is 29.2. The van der Waals surface area contributed by atoms with Gasteiger partial charge in [0.25, 0.3) is 7.82 Å². The molecule has 0 saturated carbocycles. The minimum absolute atomic E-state index is 0.0302. The summed E-state index contributed by atoms with van der Waals surface area (Å²) in [7, 11) is 1.17. The number of hydrogen-bond donors (Lipinski definition) is 0. The lowest BCUT2D eigenvalue weighted by Gasteiger charge is -2.28. The summed E-state index contributed by atoms with van der Waals surface area (Å²) in [5, 5.41) is 0. The second kappa shape index (κ2) is 51.1. The van der Waals surface area contributed by atoms with Gasteiger partial charge in [-0.1, -0.05) is 249 Å². The van der Waals surface area contributed by atoms with E-state index in [9.17, 15) is 19.0 Å². The van der Waals surface area contributed by atoms with Crippen LogP contribution in [-0.2, 0) is 32.7 Å². The van der Waals surface area contributed by atoms with Crippen LogP contribution in [0.3, 0.4) is 0 Å². The van der Waals surface area contributed by atoms with Crippen LogP contribution in [0.4, 0.5) is 0 Å². The number of carbonyl (C=O) groups is 2. The second-order valence-corrected chi connectivity index (χ2v) is 22.4. The summed E-state index contributed by atoms with van der Waals surface area (Å²) in [6.07, 6.45) is 61.8. The van der Waals surface area contributed by atoms with Gasteiger partial charge < -0.3 is 27.9 Å². The van der Waals surface area contributed by atoms with Crippen LogP contribution in [-0.4, -0.2) is 70.0 Å². The Labute approximate surface area is 427 Å². The van der Waals surface area contributed by atoms with Gasteiger partial charge in [-0.3, -0.25) is 14.2 Å². The van der Waals surface area contributed by atoms with Crippen molar-refractivity contribution in [3.8, 4) is 0 Å². The Kier molecular flexibility index (Phi) is 49.8. The van der Waals surface area contributed by atoms with Crippen molar-refractivity contribution in [2.24, 2.45) is 0 Å². The topological polar surface area (TPSA) is 111 Å². The highest BCUT2D eigenvalue weighted by Crippen LogP contribution is 2.38. The Balaban J connectivity index is 4.16. The number of allylic oxidation sites excluding steroid dienone is 6. The zero-order valence-electron chi connectivity index (χ0n) is 46.0. The first-order valence-corrected chi connectivity index (χ1v) is 30.7. The summed E-state index contributed by atoms with van der Waals surface area (Å²) in [6.45, 7) is 4.27. The molecule has 0 bridgehead atoms. The van der Waals surface area contributed by atoms with Gasteiger partial charge in [0.1, 0.15) is 19.8 Å². The Morgan fingerprint density at radius 1 is 0.449 bits per heavy atom. The van der Waals surface area contributed by atoms with Crippen LogP contribution in [0.1, 0.15) is 277 Å². The third kappa shape index (κ3) is 55.4. The van der Waals surface area contributed by atoms with E-state index in [-0.39, 0.29) is 32.0 Å². The lowest BCUT2D eigenvalue weighted by Crippen LogP contribution is -2.37. The number of hydrogen-bond acceptors (Lipinski definition) is 8. The third-order valence-corrected chi connectivity index (χ3v) is 13.9. The number of quaternary nitrogens is 1. The summed E-state index contributed by atoms with van der Waals surface area (Å²) in [5.74, 6) is -0.824. The molecule has 0 aromatic heterocycles. The van der Waals surface area contributed by atoms with Crippen molar-refractivity contribution in [1.82, 2.24) is 0 Å². The van der Waals surface area contributed by atoms with E-state index >= 15 is 0 Å². The smallest absolute Gasteiger partial charge is 0.306 e. The molecule has 0 N–H and O–H groups in total. The van der Waals surface area contributed by atoms with Crippen molar-refractivity contribution in [1.29, 1.82) is 0 Å². The summed E-state index contributed by atoms with van der Waals surface area (Å²) in [5.41, 5.74) is 0. The maximum atomic E-state index is 12.8. The standard InChI is InChI=1S/C59H112NO8P/c1-6-8-10-12-14-16-18-20-22-24-26-28-29-30-31-32-34-36-38-40-42-44-46-48-50-52-59(62)68-57(56-67-69(63,64)66-54-53-60(3,4)5)55-65-58(61)51-49-47-45-43-41-39-37-35-33-27-25-23-21-19-17-15-13-11-9-7-2/h18,20,24,26,29-30,57H,6-17,19,21-23,25,27-28,31-56H2,1-5H3/b20-18-,26-24-,30-29-. The maximum absolute atomic E-state index is 12.8. The zero-order chi connectivity index (χ0) is 50.6. The molecule has 0 amide bonds. The van der Waals surface area contributed by atoms with Crippen molar-refractivity contribution in [3.05, 3.63) is 36.5 Å². The molecule has 0 heterocycles. The number of nitrogens with zero attached hydrogens (tertiary/aromatic N) is 1. The summed E-state index contributed by atoms with van der Waals surface area (Å²) < 4.78 is 34.2. The minimum atomic E-state index is -4.63. The van der Waals surface area contributed by atoms with Crippen LogP contribution in [0.25, 0.3) is 0 Å². The number of phosphoric acid groups is 1. The molecule has 10 heteroatoms. The molecule has 406 valence electrons. The Morgan fingerprint density at radius 3 is 1.16 bits per heavy atom. The van der Waals surface area contributed by atoms with Crippen LogP contribution in [0.2, 0.25) is 0 Å². The Bertz CT molecular complexity index is 1260. The van der Waals surface area contributed by atoms with E-state index in [2.05, 4.69) is 50.3 Å². The van der Waals surface area contributed by atoms with Crippen LogP contribution < -0.4 is 4.89 Å². The molecular weight excluding hydrogens is 882 g/mol. The molecule has 0 saturated heterocycles. The fraction of sp³-hybridized carbons (Fsp3) is 0.864. The first-order chi connectivity index (χ1) is 33.5. The average Bonchev–Trinajstić information content (AvgIpc) is 3.31. The van der Waals surface area contributed by atoms with Crippen molar-refractivity contribution >= 4 is 19.8 Å². The van der Waals surface area contributed by atoms with Gasteiger partial charge >= 0.3 is 11.9 Å². The van der Waals surface area contributed by atoms with Crippen LogP contribution in [0, 0.1) is 0 Å². The zero-order valence-corrected chi connectivity index (χ0v) is 46.9. The molecule has 0 radical (unpaired) electrons. The van der Waals surface area contributed by atoms with Gasteiger partial charge in [-0.15, -0.1) is 0 Å². The number of phosphoric ester groups is 1. The second-order valence-electron chi connectivity index (χ2n) is 21.0. The molecule has 0 aliphatic rings. The van der Waals surface area contributed by atoms with Gasteiger partial charge in [-0.25, -0.2) is 0 Å². The Morgan fingerprint density at radius 2 is 0.783 bits per heavy atom. The first kappa shape index (κ1) is 67.2. The maximum Gasteiger partial charge on any atom is 0.306 e. The van der Waals surface area contributed by atoms with E-state index in [1.807, 2.05) is 21.1 Å². The predicted octanol–water partition coefficient (Wildman–Crippen LogP) is 17.4. The molecule has 69 heavy (non-hydrogen) atoms. The van der Waals surface area contributed by atoms with E-state index in [4.69, 9.17) is 18.5 Å². The highest BCUT2D eigenvalue weighted by atomic mass is 31.2. The summed E-state index contributed by atoms with van der Waals surface area (Å²) in [6, 6.07) is 0. The Hall–Kier alpha value is -1.77. The van der Waals surface area contributed by atoms with Crippen molar-refractivity contribution in [3.63, 3.8) is 0 Å². The van der Waals surface area contributed by atoms with Gasteiger partial charge in [0.15, 0.2) is 6.10 Å². The quantitative estimate of drug-likeness (QED) is 0.0195. The lowest BCUT2D eigenvalue weighted by atomic mass is 10.0. The lowest BCUT2D eigenvalue weighted by molar-refractivity contribution is -0.870. The molecule has 0 fully saturated rings. The minimum Gasteiger partial charge on any atom is -0.756 e. The summed E-state index contributed by atoms with van der Waals surface area (Å²) in [4.78, 5) is 37.9. The number of esters is 2. The molecule has 2 unspecified atom stereocenters. The molecule has 0 aliphatic heterocycles. The largest absolute Gasteiger partial charge is 0.756 e. The van der Waals surface area contributed by atoms with Crippen LogP contribution in [0.5, 0.6) is 0 Å². The van der Waals surface area contributed by atoms with Gasteiger partial charge in [0, 0.05) is 12.8 Å². The molecule has 9 nitrogen and oxygen atoms in total. The van der Waals surface area contributed by atoms with Crippen LogP contribution in [0.15, 0.2) is 36.5 Å². The van der Waals surface area contributed by atoms with Crippen LogP contribution >= 0.6 is 7.82 Å². The average molecular weight is 995 g/mol. The molecule has 2 atom stereocenters. The van der Waals surface area contributed by atoms with Crippen molar-refractivity contribution in [2.75, 3.05) is 47.5 Å². The highest BCUT2D eigenvalue weighted by molar-refractivity contribution is 7.45. The highest BCUT2D eigenvalue weighted by Gasteiger charge is 2.22. The molecular formula is C59H112NO8P. The molecule has 0 aromatic carbocycles.